The van der Waals surface area contributed by atoms with Crippen molar-refractivity contribution in [1.29, 1.82) is 0 Å². The van der Waals surface area contributed by atoms with Crippen LogP contribution in [-0.4, -0.2) is 24.7 Å². The summed E-state index contributed by atoms with van der Waals surface area (Å²) < 4.78 is 5.82. The van der Waals surface area contributed by atoms with E-state index in [1.165, 1.54) is 0 Å². The molecule has 2 N–H and O–H groups in total. The molecule has 0 unspecified atom stereocenters. The lowest BCUT2D eigenvalue weighted by Gasteiger charge is -2.09. The molecule has 0 aliphatic heterocycles. The number of benzene rings is 1. The van der Waals surface area contributed by atoms with Gasteiger partial charge in [0.1, 0.15) is 5.75 Å². The maximum atomic E-state index is 11.9. The van der Waals surface area contributed by atoms with E-state index in [1.807, 2.05) is 6.92 Å². The minimum Gasteiger partial charge on any atom is -0.496 e. The second-order valence-electron chi connectivity index (χ2n) is 3.56. The molecule has 1 amide bonds. The third kappa shape index (κ3) is 4.27. The number of thiocarbonyl (C=S) groups is 1. The van der Waals surface area contributed by atoms with Crippen molar-refractivity contribution in [2.75, 3.05) is 13.7 Å². The maximum absolute atomic E-state index is 11.9. The molecule has 0 spiro atoms. The van der Waals surface area contributed by atoms with Crippen molar-refractivity contribution >= 4 is 39.2 Å². The molecule has 0 radical (unpaired) electrons. The fourth-order valence-corrected chi connectivity index (χ4v) is 2.00. The Balaban J connectivity index is 2.67. The summed E-state index contributed by atoms with van der Waals surface area (Å²) in [6.07, 6.45) is 0.949. The molecule has 0 fully saturated rings. The van der Waals surface area contributed by atoms with E-state index in [0.29, 0.717) is 16.4 Å². The molecule has 1 aromatic carbocycles. The first-order chi connectivity index (χ1) is 8.58. The SMILES string of the molecule is CCCNC(=S)NC(=O)c1ccc(OC)c(Br)c1. The lowest BCUT2D eigenvalue weighted by atomic mass is 10.2. The molecule has 1 rings (SSSR count). The molecular weight excluding hydrogens is 316 g/mol. The van der Waals surface area contributed by atoms with Crippen LogP contribution in [0.1, 0.15) is 23.7 Å². The molecule has 18 heavy (non-hydrogen) atoms. The summed E-state index contributed by atoms with van der Waals surface area (Å²) in [5.41, 5.74) is 0.517. The predicted molar refractivity (Wildman–Crippen MR) is 79.1 cm³/mol. The second kappa shape index (κ2) is 7.33. The van der Waals surface area contributed by atoms with E-state index in [0.717, 1.165) is 17.4 Å². The van der Waals surface area contributed by atoms with Crippen LogP contribution in [0.2, 0.25) is 0 Å². The standard InChI is InChI=1S/C12H15BrN2O2S/c1-3-6-14-12(18)15-11(16)8-4-5-10(17-2)9(13)7-8/h4-5,7H,3,6H2,1-2H3,(H2,14,15,16,18). The quantitative estimate of drug-likeness (QED) is 0.833. The largest absolute Gasteiger partial charge is 0.496 e. The number of amides is 1. The summed E-state index contributed by atoms with van der Waals surface area (Å²) in [4.78, 5) is 11.9. The Kier molecular flexibility index (Phi) is 6.07. The van der Waals surface area contributed by atoms with Crippen LogP contribution in [-0.2, 0) is 0 Å². The molecule has 0 atom stereocenters. The number of halogens is 1. The van der Waals surface area contributed by atoms with Crippen LogP contribution in [0.4, 0.5) is 0 Å². The first-order valence-electron chi connectivity index (χ1n) is 5.51. The summed E-state index contributed by atoms with van der Waals surface area (Å²) in [7, 11) is 1.57. The van der Waals surface area contributed by atoms with Crippen LogP contribution in [0.15, 0.2) is 22.7 Å². The van der Waals surface area contributed by atoms with E-state index in [2.05, 4.69) is 26.6 Å². The third-order valence-electron chi connectivity index (χ3n) is 2.18. The average molecular weight is 331 g/mol. The Hall–Kier alpha value is -1.14. The van der Waals surface area contributed by atoms with Gasteiger partial charge in [-0.3, -0.25) is 10.1 Å². The predicted octanol–water partition coefficient (Wildman–Crippen LogP) is 2.47. The van der Waals surface area contributed by atoms with Crippen LogP contribution < -0.4 is 15.4 Å². The molecule has 98 valence electrons. The molecule has 0 saturated carbocycles. The van der Waals surface area contributed by atoms with Crippen molar-refractivity contribution in [3.8, 4) is 5.75 Å². The Morgan fingerprint density at radius 2 is 2.22 bits per heavy atom. The zero-order valence-corrected chi connectivity index (χ0v) is 12.7. The van der Waals surface area contributed by atoms with Crippen LogP contribution in [0.25, 0.3) is 0 Å². The lowest BCUT2D eigenvalue weighted by molar-refractivity contribution is 0.0976. The Labute approximate surface area is 120 Å². The van der Waals surface area contributed by atoms with E-state index in [-0.39, 0.29) is 5.91 Å². The Bertz CT molecular complexity index is 452. The number of carbonyl (C=O) groups excluding carboxylic acids is 1. The zero-order chi connectivity index (χ0) is 13.5. The first kappa shape index (κ1) is 14.9. The van der Waals surface area contributed by atoms with Gasteiger partial charge in [-0.15, -0.1) is 0 Å². The van der Waals surface area contributed by atoms with Gasteiger partial charge < -0.3 is 10.1 Å². The van der Waals surface area contributed by atoms with Gasteiger partial charge in [-0.05, 0) is 52.8 Å². The molecule has 0 saturated heterocycles. The monoisotopic (exact) mass is 330 g/mol. The van der Waals surface area contributed by atoms with Crippen molar-refractivity contribution in [2.24, 2.45) is 0 Å². The fourth-order valence-electron chi connectivity index (χ4n) is 1.27. The van der Waals surface area contributed by atoms with Crippen molar-refractivity contribution in [1.82, 2.24) is 10.6 Å². The topological polar surface area (TPSA) is 50.4 Å². The van der Waals surface area contributed by atoms with E-state index in [9.17, 15) is 4.79 Å². The van der Waals surface area contributed by atoms with Gasteiger partial charge >= 0.3 is 0 Å². The summed E-state index contributed by atoms with van der Waals surface area (Å²) >= 11 is 8.33. The van der Waals surface area contributed by atoms with Crippen LogP contribution in [0, 0.1) is 0 Å². The number of hydrogen-bond acceptors (Lipinski definition) is 3. The molecule has 1 aromatic rings. The molecule has 0 aliphatic carbocycles. The third-order valence-corrected chi connectivity index (χ3v) is 3.04. The van der Waals surface area contributed by atoms with Crippen LogP contribution >= 0.6 is 28.1 Å². The van der Waals surface area contributed by atoms with Gasteiger partial charge in [-0.2, -0.15) is 0 Å². The normalized spacial score (nSPS) is 9.72. The summed E-state index contributed by atoms with van der Waals surface area (Å²) in [5.74, 6) is 0.435. The molecule has 0 bridgehead atoms. The highest BCUT2D eigenvalue weighted by molar-refractivity contribution is 9.10. The van der Waals surface area contributed by atoms with Gasteiger partial charge in [0.15, 0.2) is 5.11 Å². The average Bonchev–Trinajstić information content (AvgIpc) is 2.36. The smallest absolute Gasteiger partial charge is 0.257 e. The molecule has 0 aliphatic rings. The van der Waals surface area contributed by atoms with Gasteiger partial charge in [0.25, 0.3) is 5.91 Å². The highest BCUT2D eigenvalue weighted by Crippen LogP contribution is 2.25. The fraction of sp³-hybridized carbons (Fsp3) is 0.333. The highest BCUT2D eigenvalue weighted by Gasteiger charge is 2.09. The number of ether oxygens (including phenoxy) is 1. The minimum atomic E-state index is -0.244. The maximum Gasteiger partial charge on any atom is 0.257 e. The van der Waals surface area contributed by atoms with Gasteiger partial charge in [-0.25, -0.2) is 0 Å². The first-order valence-corrected chi connectivity index (χ1v) is 6.71. The van der Waals surface area contributed by atoms with E-state index in [1.54, 1.807) is 25.3 Å². The van der Waals surface area contributed by atoms with Gasteiger partial charge in [-0.1, -0.05) is 6.92 Å². The lowest BCUT2D eigenvalue weighted by Crippen LogP contribution is -2.39. The van der Waals surface area contributed by atoms with Gasteiger partial charge in [0.05, 0.1) is 11.6 Å². The second-order valence-corrected chi connectivity index (χ2v) is 4.82. The zero-order valence-electron chi connectivity index (χ0n) is 10.2. The number of rotatable bonds is 4. The van der Waals surface area contributed by atoms with Crippen molar-refractivity contribution in [3.63, 3.8) is 0 Å². The number of methoxy groups -OCH3 is 1. The molecule has 4 nitrogen and oxygen atoms in total. The molecule has 0 aromatic heterocycles. The molecular formula is C12H15BrN2O2S. The van der Waals surface area contributed by atoms with Gasteiger partial charge in [0.2, 0.25) is 0 Å². The Morgan fingerprint density at radius 1 is 1.50 bits per heavy atom. The summed E-state index contributed by atoms with van der Waals surface area (Å²) in [6.45, 7) is 2.77. The van der Waals surface area contributed by atoms with Crippen molar-refractivity contribution in [3.05, 3.63) is 28.2 Å². The Morgan fingerprint density at radius 3 is 2.78 bits per heavy atom. The highest BCUT2D eigenvalue weighted by atomic mass is 79.9. The number of hydrogen-bond donors (Lipinski definition) is 2. The van der Waals surface area contributed by atoms with Crippen LogP contribution in [0.3, 0.4) is 0 Å². The summed E-state index contributed by atoms with van der Waals surface area (Å²) in [5, 5.41) is 5.89. The van der Waals surface area contributed by atoms with Crippen LogP contribution in [0.5, 0.6) is 5.75 Å². The van der Waals surface area contributed by atoms with Crippen molar-refractivity contribution in [2.45, 2.75) is 13.3 Å². The number of nitrogens with one attached hydrogen (secondary N) is 2. The summed E-state index contributed by atoms with van der Waals surface area (Å²) in [6, 6.07) is 5.10. The van der Waals surface area contributed by atoms with Crippen molar-refractivity contribution < 1.29 is 9.53 Å². The van der Waals surface area contributed by atoms with E-state index >= 15 is 0 Å². The van der Waals surface area contributed by atoms with E-state index in [4.69, 9.17) is 17.0 Å². The molecule has 6 heteroatoms. The van der Waals surface area contributed by atoms with Gasteiger partial charge in [0, 0.05) is 12.1 Å². The number of carbonyl (C=O) groups is 1. The molecule has 0 heterocycles. The van der Waals surface area contributed by atoms with E-state index < -0.39 is 0 Å². The minimum absolute atomic E-state index is 0.244.